The minimum Gasteiger partial charge on any atom is -0.490 e. The lowest BCUT2D eigenvalue weighted by atomic mass is 9.80. The van der Waals surface area contributed by atoms with Crippen LogP contribution < -0.4 is 10.1 Å². The molecule has 2 rings (SSSR count). The Morgan fingerprint density at radius 3 is 2.71 bits per heavy atom. The van der Waals surface area contributed by atoms with E-state index in [2.05, 4.69) is 5.32 Å². The molecule has 0 saturated heterocycles. The number of hydrogen-bond donors (Lipinski definition) is 3. The number of carbonyl (C=O) groups is 1. The number of hydrogen-bond acceptors (Lipinski definition) is 4. The Morgan fingerprint density at radius 1 is 1.43 bits per heavy atom. The van der Waals surface area contributed by atoms with Crippen LogP contribution in [0.4, 0.5) is 0 Å². The van der Waals surface area contributed by atoms with Crippen LogP contribution in [0.25, 0.3) is 0 Å². The molecule has 5 heteroatoms. The molecule has 0 bridgehead atoms. The smallest absolute Gasteiger partial charge is 0.324 e. The van der Waals surface area contributed by atoms with Crippen LogP contribution in [-0.4, -0.2) is 34.4 Å². The van der Waals surface area contributed by atoms with Gasteiger partial charge in [0.15, 0.2) is 0 Å². The molecule has 0 spiro atoms. The van der Waals surface area contributed by atoms with Gasteiger partial charge in [-0.25, -0.2) is 0 Å². The summed E-state index contributed by atoms with van der Waals surface area (Å²) in [7, 11) is 0. The molecule has 0 heterocycles. The van der Waals surface area contributed by atoms with E-state index in [-0.39, 0.29) is 12.7 Å². The highest BCUT2D eigenvalue weighted by Crippen LogP contribution is 2.31. The lowest BCUT2D eigenvalue weighted by Gasteiger charge is -2.38. The molecule has 3 N–H and O–H groups in total. The van der Waals surface area contributed by atoms with Crippen molar-refractivity contribution in [2.45, 2.75) is 50.9 Å². The number of benzene rings is 1. The summed E-state index contributed by atoms with van der Waals surface area (Å²) in [4.78, 5) is 11.6. The van der Waals surface area contributed by atoms with Crippen LogP contribution in [-0.2, 0) is 11.4 Å². The SMILES string of the molecule is CCNC1(C(=O)O)CCCC(Oc2ccc(CO)cc2)C1. The summed E-state index contributed by atoms with van der Waals surface area (Å²) in [5.41, 5.74) is -0.0403. The normalized spacial score (nSPS) is 25.5. The van der Waals surface area contributed by atoms with E-state index in [1.807, 2.05) is 31.2 Å². The number of carboxylic acids is 1. The van der Waals surface area contributed by atoms with Gasteiger partial charge < -0.3 is 20.3 Å². The van der Waals surface area contributed by atoms with Gasteiger partial charge in [0.1, 0.15) is 17.4 Å². The molecule has 2 atom stereocenters. The number of aliphatic hydroxyl groups excluding tert-OH is 1. The average molecular weight is 293 g/mol. The van der Waals surface area contributed by atoms with Crippen molar-refractivity contribution in [2.24, 2.45) is 0 Å². The van der Waals surface area contributed by atoms with Crippen LogP contribution in [0, 0.1) is 0 Å². The van der Waals surface area contributed by atoms with Crippen molar-refractivity contribution >= 4 is 5.97 Å². The van der Waals surface area contributed by atoms with Gasteiger partial charge >= 0.3 is 5.97 Å². The third kappa shape index (κ3) is 3.74. The Hall–Kier alpha value is -1.59. The van der Waals surface area contributed by atoms with Crippen LogP contribution >= 0.6 is 0 Å². The van der Waals surface area contributed by atoms with Gasteiger partial charge in [-0.2, -0.15) is 0 Å². The van der Waals surface area contributed by atoms with Crippen LogP contribution in [0.2, 0.25) is 0 Å². The van der Waals surface area contributed by atoms with Crippen molar-refractivity contribution in [1.29, 1.82) is 0 Å². The third-order valence-electron chi connectivity index (χ3n) is 4.04. The zero-order valence-corrected chi connectivity index (χ0v) is 12.3. The highest BCUT2D eigenvalue weighted by atomic mass is 16.5. The summed E-state index contributed by atoms with van der Waals surface area (Å²) < 4.78 is 5.92. The highest BCUT2D eigenvalue weighted by molar-refractivity contribution is 5.79. The number of nitrogens with one attached hydrogen (secondary N) is 1. The van der Waals surface area contributed by atoms with Crippen molar-refractivity contribution < 1.29 is 19.7 Å². The Balaban J connectivity index is 2.04. The van der Waals surface area contributed by atoms with Gasteiger partial charge in [-0.1, -0.05) is 19.1 Å². The van der Waals surface area contributed by atoms with Gasteiger partial charge in [-0.15, -0.1) is 0 Å². The minimum absolute atomic E-state index is 0.00620. The zero-order chi connectivity index (χ0) is 15.3. The van der Waals surface area contributed by atoms with E-state index in [0.717, 1.165) is 24.2 Å². The molecule has 0 amide bonds. The molecule has 0 radical (unpaired) electrons. The largest absolute Gasteiger partial charge is 0.490 e. The number of aliphatic hydroxyl groups is 1. The first kappa shape index (κ1) is 15.8. The molecule has 1 aliphatic rings. The summed E-state index contributed by atoms with van der Waals surface area (Å²) in [5, 5.41) is 21.7. The molecule has 1 aromatic rings. The monoisotopic (exact) mass is 293 g/mol. The molecule has 5 nitrogen and oxygen atoms in total. The predicted octanol–water partition coefficient (Wildman–Crippen LogP) is 1.93. The number of rotatable bonds is 6. The lowest BCUT2D eigenvalue weighted by molar-refractivity contribution is -0.147. The van der Waals surface area contributed by atoms with Gasteiger partial charge in [-0.3, -0.25) is 4.79 Å². The number of likely N-dealkylation sites (N-methyl/N-ethyl adjacent to an activating group) is 1. The van der Waals surface area contributed by atoms with Crippen molar-refractivity contribution in [3.05, 3.63) is 29.8 Å². The molecule has 1 fully saturated rings. The molecular weight excluding hydrogens is 270 g/mol. The highest BCUT2D eigenvalue weighted by Gasteiger charge is 2.43. The fourth-order valence-electron chi connectivity index (χ4n) is 2.96. The van der Waals surface area contributed by atoms with Gasteiger partial charge in [0.05, 0.1) is 6.61 Å². The summed E-state index contributed by atoms with van der Waals surface area (Å²) in [6.45, 7) is 2.55. The van der Waals surface area contributed by atoms with E-state index in [1.165, 1.54) is 0 Å². The maximum atomic E-state index is 11.6. The van der Waals surface area contributed by atoms with Crippen molar-refractivity contribution in [3.8, 4) is 5.75 Å². The van der Waals surface area contributed by atoms with E-state index < -0.39 is 11.5 Å². The molecular formula is C16H23NO4. The Kier molecular flexibility index (Phi) is 5.20. The fourth-order valence-corrected chi connectivity index (χ4v) is 2.96. The second-order valence-electron chi connectivity index (χ2n) is 5.56. The Labute approximate surface area is 124 Å². The van der Waals surface area contributed by atoms with E-state index in [9.17, 15) is 9.90 Å². The molecule has 2 unspecified atom stereocenters. The van der Waals surface area contributed by atoms with Crippen LogP contribution in [0.1, 0.15) is 38.2 Å². The number of ether oxygens (including phenoxy) is 1. The van der Waals surface area contributed by atoms with Gasteiger partial charge in [0.25, 0.3) is 0 Å². The van der Waals surface area contributed by atoms with Crippen LogP contribution in [0.3, 0.4) is 0 Å². The van der Waals surface area contributed by atoms with E-state index in [0.29, 0.717) is 19.4 Å². The zero-order valence-electron chi connectivity index (χ0n) is 12.3. The van der Waals surface area contributed by atoms with E-state index in [4.69, 9.17) is 9.84 Å². The summed E-state index contributed by atoms with van der Waals surface area (Å²) in [6, 6.07) is 7.26. The van der Waals surface area contributed by atoms with Crippen LogP contribution in [0.5, 0.6) is 5.75 Å². The Morgan fingerprint density at radius 2 is 2.14 bits per heavy atom. The molecule has 116 valence electrons. The fraction of sp³-hybridized carbons (Fsp3) is 0.562. The van der Waals surface area contributed by atoms with Gasteiger partial charge in [0.2, 0.25) is 0 Å². The van der Waals surface area contributed by atoms with Crippen molar-refractivity contribution in [2.75, 3.05) is 6.54 Å². The third-order valence-corrected chi connectivity index (χ3v) is 4.04. The van der Waals surface area contributed by atoms with Crippen LogP contribution in [0.15, 0.2) is 24.3 Å². The van der Waals surface area contributed by atoms with Crippen molar-refractivity contribution in [1.82, 2.24) is 5.32 Å². The second kappa shape index (κ2) is 6.91. The van der Waals surface area contributed by atoms with Gasteiger partial charge in [0, 0.05) is 6.42 Å². The Bertz CT molecular complexity index is 470. The first-order valence-electron chi connectivity index (χ1n) is 7.44. The number of aliphatic carboxylic acids is 1. The van der Waals surface area contributed by atoms with E-state index in [1.54, 1.807) is 0 Å². The van der Waals surface area contributed by atoms with E-state index >= 15 is 0 Å². The first-order chi connectivity index (χ1) is 10.1. The second-order valence-corrected chi connectivity index (χ2v) is 5.56. The molecule has 21 heavy (non-hydrogen) atoms. The maximum absolute atomic E-state index is 11.6. The minimum atomic E-state index is -0.872. The summed E-state index contributed by atoms with van der Waals surface area (Å²) >= 11 is 0. The molecule has 0 aromatic heterocycles. The summed E-state index contributed by atoms with van der Waals surface area (Å²) in [6.07, 6.45) is 2.70. The average Bonchev–Trinajstić information content (AvgIpc) is 2.48. The maximum Gasteiger partial charge on any atom is 0.324 e. The molecule has 1 aliphatic carbocycles. The molecule has 0 aliphatic heterocycles. The lowest BCUT2D eigenvalue weighted by Crippen LogP contribution is -2.56. The summed E-state index contributed by atoms with van der Waals surface area (Å²) in [5.74, 6) is -0.0804. The molecule has 1 saturated carbocycles. The first-order valence-corrected chi connectivity index (χ1v) is 7.44. The molecule has 1 aromatic carbocycles. The van der Waals surface area contributed by atoms with Gasteiger partial charge in [-0.05, 0) is 43.5 Å². The number of carboxylic acid groups (broad SMARTS) is 1. The standard InChI is InChI=1S/C16H23NO4/c1-2-17-16(15(19)20)9-3-4-14(10-16)21-13-7-5-12(11-18)6-8-13/h5-8,14,17-18H,2-4,9-11H2,1H3,(H,19,20). The quantitative estimate of drug-likeness (QED) is 0.747. The topological polar surface area (TPSA) is 78.8 Å². The van der Waals surface area contributed by atoms with Crippen molar-refractivity contribution in [3.63, 3.8) is 0 Å². The predicted molar refractivity (Wildman–Crippen MR) is 79.3 cm³/mol.